The number of amides is 1. The number of rotatable bonds is 5. The Hall–Kier alpha value is -1.38. The Morgan fingerprint density at radius 1 is 1.11 bits per heavy atom. The molecule has 2 fully saturated rings. The summed E-state index contributed by atoms with van der Waals surface area (Å²) in [5.41, 5.74) is -0.0762. The smallest absolute Gasteiger partial charge is 0.399 e. The van der Waals surface area contributed by atoms with Crippen LogP contribution in [0.1, 0.15) is 41.5 Å². The van der Waals surface area contributed by atoms with Crippen LogP contribution < -0.4 is 5.46 Å². The highest BCUT2D eigenvalue weighted by Crippen LogP contribution is 2.36. The van der Waals surface area contributed by atoms with E-state index in [4.69, 9.17) is 9.31 Å². The van der Waals surface area contributed by atoms with Gasteiger partial charge in [0, 0.05) is 24.9 Å². The minimum Gasteiger partial charge on any atom is -0.399 e. The van der Waals surface area contributed by atoms with E-state index in [-0.39, 0.29) is 23.5 Å². The van der Waals surface area contributed by atoms with Crippen molar-refractivity contribution in [2.75, 3.05) is 18.8 Å². The molecular weight excluding hydrogens is 377 g/mol. The molecule has 0 N–H and O–H groups in total. The van der Waals surface area contributed by atoms with Crippen LogP contribution in [-0.4, -0.2) is 56.4 Å². The molecule has 154 valence electrons. The van der Waals surface area contributed by atoms with Crippen LogP contribution in [0.2, 0.25) is 0 Å². The minimum atomic E-state index is -3.40. The summed E-state index contributed by atoms with van der Waals surface area (Å²) < 4.78 is 37.5. The molecule has 0 saturated carbocycles. The molecule has 0 unspecified atom stereocenters. The highest BCUT2D eigenvalue weighted by molar-refractivity contribution is 7.91. The molecule has 1 amide bonds. The van der Waals surface area contributed by atoms with E-state index >= 15 is 0 Å². The summed E-state index contributed by atoms with van der Waals surface area (Å²) in [6.07, 6.45) is 0. The molecule has 8 heteroatoms. The third kappa shape index (κ3) is 4.00. The van der Waals surface area contributed by atoms with Gasteiger partial charge in [-0.2, -0.15) is 0 Å². The summed E-state index contributed by atoms with van der Waals surface area (Å²) in [6.45, 7) is 12.7. The quantitative estimate of drug-likeness (QED) is 0.697. The molecule has 0 atom stereocenters. The number of sulfone groups is 1. The van der Waals surface area contributed by atoms with Crippen LogP contribution in [0.5, 0.6) is 0 Å². The Labute approximate surface area is 168 Å². The lowest BCUT2D eigenvalue weighted by atomic mass is 9.79. The van der Waals surface area contributed by atoms with Crippen LogP contribution in [0.15, 0.2) is 29.2 Å². The predicted octanol–water partition coefficient (Wildman–Crippen LogP) is 1.87. The van der Waals surface area contributed by atoms with E-state index in [1.807, 2.05) is 41.5 Å². The first kappa shape index (κ1) is 21.3. The Morgan fingerprint density at radius 2 is 1.61 bits per heavy atom. The zero-order valence-electron chi connectivity index (χ0n) is 17.6. The molecule has 28 heavy (non-hydrogen) atoms. The Balaban J connectivity index is 1.63. The van der Waals surface area contributed by atoms with Crippen molar-refractivity contribution in [1.82, 2.24) is 4.90 Å². The number of likely N-dealkylation sites (tertiary alicyclic amines) is 1. The van der Waals surface area contributed by atoms with Crippen molar-refractivity contribution in [1.29, 1.82) is 0 Å². The third-order valence-corrected chi connectivity index (χ3v) is 7.88. The van der Waals surface area contributed by atoms with E-state index < -0.39 is 28.2 Å². The second-order valence-corrected chi connectivity index (χ2v) is 11.2. The minimum absolute atomic E-state index is 0.00419. The molecule has 0 radical (unpaired) electrons. The van der Waals surface area contributed by atoms with Crippen molar-refractivity contribution in [3.8, 4) is 0 Å². The number of carbonyl (C=O) groups is 1. The van der Waals surface area contributed by atoms with Crippen LogP contribution >= 0.6 is 0 Å². The number of hydrogen-bond acceptors (Lipinski definition) is 5. The number of nitrogens with zero attached hydrogens (tertiary/aromatic N) is 1. The van der Waals surface area contributed by atoms with Crippen molar-refractivity contribution in [2.24, 2.45) is 11.8 Å². The summed E-state index contributed by atoms with van der Waals surface area (Å²) in [6, 6.07) is 6.74. The van der Waals surface area contributed by atoms with Gasteiger partial charge in [0.05, 0.1) is 21.9 Å². The normalized spacial score (nSPS) is 21.8. The summed E-state index contributed by atoms with van der Waals surface area (Å²) in [7, 11) is -3.91. The standard InChI is InChI=1S/C20H30BNO5S/c1-14(2)18(23)22-11-15(12-22)13-28(24,25)17-9-7-16(8-10-17)21-26-19(3,4)20(5,6)27-21/h7-10,14-15H,11-13H2,1-6H3. The van der Waals surface area contributed by atoms with Crippen LogP contribution in [0, 0.1) is 11.8 Å². The first-order valence-corrected chi connectivity index (χ1v) is 11.4. The molecule has 0 aromatic heterocycles. The first-order valence-electron chi connectivity index (χ1n) is 9.79. The third-order valence-electron chi connectivity index (χ3n) is 5.98. The Morgan fingerprint density at radius 3 is 2.07 bits per heavy atom. The molecule has 1 aromatic carbocycles. The molecule has 2 aliphatic rings. The van der Waals surface area contributed by atoms with Crippen molar-refractivity contribution < 1.29 is 22.5 Å². The Kier molecular flexibility index (Phi) is 5.45. The monoisotopic (exact) mass is 407 g/mol. The van der Waals surface area contributed by atoms with Gasteiger partial charge in [-0.3, -0.25) is 4.79 Å². The van der Waals surface area contributed by atoms with Gasteiger partial charge < -0.3 is 14.2 Å². The fourth-order valence-corrected chi connectivity index (χ4v) is 5.01. The van der Waals surface area contributed by atoms with E-state index in [2.05, 4.69) is 0 Å². The van der Waals surface area contributed by atoms with Gasteiger partial charge in [0.15, 0.2) is 9.84 Å². The lowest BCUT2D eigenvalue weighted by Gasteiger charge is -2.40. The van der Waals surface area contributed by atoms with Crippen molar-refractivity contribution in [3.63, 3.8) is 0 Å². The maximum absolute atomic E-state index is 12.7. The van der Waals surface area contributed by atoms with Crippen molar-refractivity contribution >= 4 is 28.3 Å². The molecule has 2 saturated heterocycles. The predicted molar refractivity (Wildman–Crippen MR) is 109 cm³/mol. The number of carbonyl (C=O) groups excluding carboxylic acids is 1. The molecule has 0 bridgehead atoms. The van der Waals surface area contributed by atoms with Gasteiger partial charge in [-0.05, 0) is 45.3 Å². The molecule has 2 heterocycles. The van der Waals surface area contributed by atoms with E-state index in [1.54, 1.807) is 29.2 Å². The summed E-state index contributed by atoms with van der Waals surface area (Å²) in [5, 5.41) is 0. The SMILES string of the molecule is CC(C)C(=O)N1CC(CS(=O)(=O)c2ccc(B3OC(C)(C)C(C)(C)O3)cc2)C1. The first-order chi connectivity index (χ1) is 12.8. The van der Waals surface area contributed by atoms with E-state index in [0.29, 0.717) is 18.0 Å². The van der Waals surface area contributed by atoms with E-state index in [9.17, 15) is 13.2 Å². The van der Waals surface area contributed by atoms with Crippen LogP contribution in [0.3, 0.4) is 0 Å². The van der Waals surface area contributed by atoms with Crippen LogP contribution in [0.4, 0.5) is 0 Å². The largest absolute Gasteiger partial charge is 0.494 e. The summed E-state index contributed by atoms with van der Waals surface area (Å²) in [5.74, 6) is 0.0843. The van der Waals surface area contributed by atoms with Gasteiger partial charge in [0.1, 0.15) is 0 Å². The molecule has 6 nitrogen and oxygen atoms in total. The van der Waals surface area contributed by atoms with Crippen molar-refractivity contribution in [2.45, 2.75) is 57.6 Å². The van der Waals surface area contributed by atoms with Crippen molar-refractivity contribution in [3.05, 3.63) is 24.3 Å². The van der Waals surface area contributed by atoms with Gasteiger partial charge in [-0.15, -0.1) is 0 Å². The Bertz CT molecular complexity index is 826. The zero-order valence-corrected chi connectivity index (χ0v) is 18.4. The van der Waals surface area contributed by atoms with E-state index in [0.717, 1.165) is 5.46 Å². The molecular formula is C20H30BNO5S. The second-order valence-electron chi connectivity index (χ2n) is 9.20. The average molecular weight is 407 g/mol. The lowest BCUT2D eigenvalue weighted by Crippen LogP contribution is -2.53. The highest BCUT2D eigenvalue weighted by atomic mass is 32.2. The van der Waals surface area contributed by atoms with Gasteiger partial charge in [0.2, 0.25) is 5.91 Å². The molecule has 1 aromatic rings. The molecule has 0 spiro atoms. The second kappa shape index (κ2) is 7.15. The summed E-state index contributed by atoms with van der Waals surface area (Å²) >= 11 is 0. The topological polar surface area (TPSA) is 72.9 Å². The average Bonchev–Trinajstić information content (AvgIpc) is 2.78. The van der Waals surface area contributed by atoms with Crippen LogP contribution in [0.25, 0.3) is 0 Å². The lowest BCUT2D eigenvalue weighted by molar-refractivity contribution is -0.140. The molecule has 2 aliphatic heterocycles. The fourth-order valence-electron chi connectivity index (χ4n) is 3.44. The maximum Gasteiger partial charge on any atom is 0.494 e. The van der Waals surface area contributed by atoms with E-state index in [1.165, 1.54) is 0 Å². The highest BCUT2D eigenvalue weighted by Gasteiger charge is 2.51. The van der Waals surface area contributed by atoms with Gasteiger partial charge >= 0.3 is 7.12 Å². The van der Waals surface area contributed by atoms with Gasteiger partial charge in [-0.25, -0.2) is 8.42 Å². The zero-order chi connectivity index (χ0) is 20.9. The number of benzene rings is 1. The summed E-state index contributed by atoms with van der Waals surface area (Å²) in [4.78, 5) is 13.9. The number of hydrogen-bond donors (Lipinski definition) is 0. The maximum atomic E-state index is 12.7. The van der Waals surface area contributed by atoms with Gasteiger partial charge in [0.25, 0.3) is 0 Å². The molecule has 0 aliphatic carbocycles. The van der Waals surface area contributed by atoms with Crippen LogP contribution in [-0.2, 0) is 23.9 Å². The fraction of sp³-hybridized carbons (Fsp3) is 0.650. The molecule has 3 rings (SSSR count). The van der Waals surface area contributed by atoms with Gasteiger partial charge in [-0.1, -0.05) is 26.0 Å².